The highest BCUT2D eigenvalue weighted by Gasteiger charge is 2.53. The predicted molar refractivity (Wildman–Crippen MR) is 103 cm³/mol. The van der Waals surface area contributed by atoms with Crippen LogP contribution in [0.25, 0.3) is 0 Å². The van der Waals surface area contributed by atoms with E-state index in [1.165, 1.54) is 49.6 Å². The van der Waals surface area contributed by atoms with Gasteiger partial charge in [0.2, 0.25) is 11.9 Å². The van der Waals surface area contributed by atoms with E-state index in [1.54, 1.807) is 0 Å². The monoisotopic (exact) mass is 425 g/mol. The Balaban J connectivity index is 1.83. The number of sulfonamides is 1. The fraction of sp³-hybridized carbons (Fsp3) is 0.235. The van der Waals surface area contributed by atoms with Gasteiger partial charge >= 0.3 is 0 Å². The molecule has 1 fully saturated rings. The van der Waals surface area contributed by atoms with Crippen molar-refractivity contribution in [3.63, 3.8) is 0 Å². The molecule has 0 heterocycles. The molecule has 0 bridgehead atoms. The number of anilines is 2. The van der Waals surface area contributed by atoms with Gasteiger partial charge in [-0.25, -0.2) is 8.42 Å². The molecule has 148 valence electrons. The highest BCUT2D eigenvalue weighted by molar-refractivity contribution is 7.92. The molecule has 9 nitrogen and oxygen atoms in total. The molecule has 1 saturated carbocycles. The number of carbonyl (C=O) groups excluding carboxylic acids is 1. The second kappa shape index (κ2) is 7.64. The summed E-state index contributed by atoms with van der Waals surface area (Å²) in [5.74, 6) is -1.17. The fourth-order valence-corrected chi connectivity index (χ4v) is 4.00. The van der Waals surface area contributed by atoms with Crippen LogP contribution in [0, 0.1) is 16.0 Å². The second-order valence-electron chi connectivity index (χ2n) is 6.16. The Kier molecular flexibility index (Phi) is 5.43. The van der Waals surface area contributed by atoms with Crippen LogP contribution in [0.1, 0.15) is 6.42 Å². The van der Waals surface area contributed by atoms with E-state index in [-0.39, 0.29) is 22.8 Å². The van der Waals surface area contributed by atoms with E-state index in [9.17, 15) is 23.3 Å². The zero-order valence-corrected chi connectivity index (χ0v) is 16.2. The Labute approximate surface area is 165 Å². The predicted octanol–water partition coefficient (Wildman–Crippen LogP) is 2.75. The summed E-state index contributed by atoms with van der Waals surface area (Å²) in [6.07, 6.45) is 0.165. The van der Waals surface area contributed by atoms with Crippen LogP contribution >= 0.6 is 11.6 Å². The first-order valence-electron chi connectivity index (χ1n) is 8.12. The van der Waals surface area contributed by atoms with Crippen LogP contribution in [0.3, 0.4) is 0 Å². The zero-order valence-electron chi connectivity index (χ0n) is 14.6. The summed E-state index contributed by atoms with van der Waals surface area (Å²) in [5, 5.41) is 13.7. The quantitative estimate of drug-likeness (QED) is 0.518. The number of hydrogen-bond acceptors (Lipinski definition) is 6. The average molecular weight is 426 g/mol. The van der Waals surface area contributed by atoms with Crippen LogP contribution in [0.4, 0.5) is 11.4 Å². The lowest BCUT2D eigenvalue weighted by atomic mass is 10.3. The number of benzene rings is 2. The van der Waals surface area contributed by atoms with E-state index in [0.717, 1.165) is 0 Å². The van der Waals surface area contributed by atoms with Gasteiger partial charge in [0.25, 0.3) is 10.0 Å². The fourth-order valence-electron chi connectivity index (χ4n) is 2.62. The summed E-state index contributed by atoms with van der Waals surface area (Å²) in [5.41, 5.74) is 0.490. The SMILES string of the molecule is COc1ccc(NC(=O)[C@@H]2C[C@@H]2[N+](=O)[O-])cc1S(=O)(=O)Nc1ccc(Cl)cc1. The van der Waals surface area contributed by atoms with E-state index < -0.39 is 32.8 Å². The first-order valence-corrected chi connectivity index (χ1v) is 9.98. The molecule has 0 unspecified atom stereocenters. The molecule has 2 N–H and O–H groups in total. The van der Waals surface area contributed by atoms with Gasteiger partial charge in [-0.1, -0.05) is 11.6 Å². The van der Waals surface area contributed by atoms with Crippen LogP contribution < -0.4 is 14.8 Å². The van der Waals surface area contributed by atoms with E-state index in [1.807, 2.05) is 0 Å². The summed E-state index contributed by atoms with van der Waals surface area (Å²) in [7, 11) is -2.71. The van der Waals surface area contributed by atoms with Gasteiger partial charge in [-0.15, -0.1) is 0 Å². The maximum Gasteiger partial charge on any atom is 0.265 e. The molecular formula is C17H16ClN3O6S. The van der Waals surface area contributed by atoms with Crippen LogP contribution in [-0.4, -0.2) is 32.4 Å². The van der Waals surface area contributed by atoms with Gasteiger partial charge in [-0.3, -0.25) is 19.6 Å². The number of nitrogens with one attached hydrogen (secondary N) is 2. The maximum absolute atomic E-state index is 12.8. The Bertz CT molecular complexity index is 1030. The third-order valence-corrected chi connectivity index (χ3v) is 5.84. The number of nitrogens with zero attached hydrogens (tertiary/aromatic N) is 1. The molecule has 1 aliphatic rings. The van der Waals surface area contributed by atoms with Crippen molar-refractivity contribution in [1.82, 2.24) is 0 Å². The number of methoxy groups -OCH3 is 1. The summed E-state index contributed by atoms with van der Waals surface area (Å²) in [6.45, 7) is 0. The molecule has 2 aromatic carbocycles. The zero-order chi connectivity index (χ0) is 20.5. The van der Waals surface area contributed by atoms with E-state index in [2.05, 4.69) is 10.0 Å². The van der Waals surface area contributed by atoms with Crippen molar-refractivity contribution < 1.29 is 22.9 Å². The molecule has 0 radical (unpaired) electrons. The van der Waals surface area contributed by atoms with Gasteiger partial charge in [-0.2, -0.15) is 0 Å². The van der Waals surface area contributed by atoms with E-state index in [4.69, 9.17) is 16.3 Å². The molecular weight excluding hydrogens is 410 g/mol. The lowest BCUT2D eigenvalue weighted by Gasteiger charge is -2.13. The molecule has 1 amide bonds. The minimum Gasteiger partial charge on any atom is -0.495 e. The molecule has 3 rings (SSSR count). The van der Waals surface area contributed by atoms with Crippen molar-refractivity contribution in [2.75, 3.05) is 17.1 Å². The molecule has 28 heavy (non-hydrogen) atoms. The van der Waals surface area contributed by atoms with Crippen LogP contribution in [0.15, 0.2) is 47.4 Å². The first kappa shape index (κ1) is 19.9. The number of hydrogen-bond donors (Lipinski definition) is 2. The maximum atomic E-state index is 12.8. The third-order valence-electron chi connectivity index (χ3n) is 4.18. The number of amides is 1. The second-order valence-corrected chi connectivity index (χ2v) is 8.25. The minimum absolute atomic E-state index is 0.0778. The summed E-state index contributed by atoms with van der Waals surface area (Å²) in [6, 6.07) is 9.27. The Morgan fingerprint density at radius 1 is 1.21 bits per heavy atom. The Morgan fingerprint density at radius 3 is 2.43 bits per heavy atom. The van der Waals surface area contributed by atoms with Gasteiger partial charge in [-0.05, 0) is 42.5 Å². The van der Waals surface area contributed by atoms with E-state index >= 15 is 0 Å². The van der Waals surface area contributed by atoms with Crippen LogP contribution in [0.5, 0.6) is 5.75 Å². The number of carbonyl (C=O) groups is 1. The van der Waals surface area contributed by atoms with Gasteiger partial charge in [0.15, 0.2) is 0 Å². The minimum atomic E-state index is -4.03. The van der Waals surface area contributed by atoms with Gasteiger partial charge in [0.05, 0.1) is 7.11 Å². The number of ether oxygens (including phenoxy) is 1. The Morgan fingerprint density at radius 2 is 1.86 bits per heavy atom. The number of halogens is 1. The summed E-state index contributed by atoms with van der Waals surface area (Å²) >= 11 is 5.80. The molecule has 1 aliphatic carbocycles. The highest BCUT2D eigenvalue weighted by atomic mass is 35.5. The van der Waals surface area contributed by atoms with Crippen molar-refractivity contribution in [1.29, 1.82) is 0 Å². The van der Waals surface area contributed by atoms with Gasteiger partial charge < -0.3 is 10.1 Å². The summed E-state index contributed by atoms with van der Waals surface area (Å²) < 4.78 is 33.1. The van der Waals surface area contributed by atoms with Crippen molar-refractivity contribution in [3.8, 4) is 5.75 Å². The van der Waals surface area contributed by atoms with Crippen LogP contribution in [-0.2, 0) is 14.8 Å². The number of nitro groups is 1. The van der Waals surface area contributed by atoms with Crippen molar-refractivity contribution in [2.45, 2.75) is 17.4 Å². The molecule has 2 atom stereocenters. The smallest absolute Gasteiger partial charge is 0.265 e. The first-order chi connectivity index (χ1) is 13.2. The van der Waals surface area contributed by atoms with Crippen molar-refractivity contribution >= 4 is 38.9 Å². The molecule has 0 saturated heterocycles. The molecule has 0 spiro atoms. The molecule has 2 aromatic rings. The number of rotatable bonds is 7. The topological polar surface area (TPSA) is 128 Å². The lowest BCUT2D eigenvalue weighted by molar-refractivity contribution is -0.497. The molecule has 0 aromatic heterocycles. The highest BCUT2D eigenvalue weighted by Crippen LogP contribution is 2.35. The van der Waals surface area contributed by atoms with Crippen LogP contribution in [0.2, 0.25) is 5.02 Å². The average Bonchev–Trinajstić information content (AvgIpc) is 3.45. The largest absolute Gasteiger partial charge is 0.495 e. The third kappa shape index (κ3) is 4.34. The van der Waals surface area contributed by atoms with E-state index in [0.29, 0.717) is 10.7 Å². The standard InChI is InChI=1S/C17H16ClN3O6S/c1-27-15-7-6-12(19-17(22)13-9-14(13)21(23)24)8-16(15)28(25,26)20-11-4-2-10(18)3-5-11/h2-8,13-14,20H,9H2,1H3,(H,19,22)/t13-,14+/m1/s1. The van der Waals surface area contributed by atoms with Gasteiger partial charge in [0.1, 0.15) is 16.6 Å². The van der Waals surface area contributed by atoms with Crippen molar-refractivity contribution in [3.05, 3.63) is 57.6 Å². The lowest BCUT2D eigenvalue weighted by Crippen LogP contribution is -2.19. The Hall–Kier alpha value is -2.85. The molecule has 11 heteroatoms. The molecule has 0 aliphatic heterocycles. The summed E-state index contributed by atoms with van der Waals surface area (Å²) in [4.78, 5) is 22.1. The normalized spacial score (nSPS) is 18.2. The van der Waals surface area contributed by atoms with Gasteiger partial charge in [0, 0.05) is 27.7 Å². The van der Waals surface area contributed by atoms with Crippen molar-refractivity contribution in [2.24, 2.45) is 5.92 Å².